The molecule has 0 aromatic carbocycles. The third-order valence-electron chi connectivity index (χ3n) is 2.23. The predicted octanol–water partition coefficient (Wildman–Crippen LogP) is 7.08. The minimum atomic E-state index is -12.6. The van der Waals surface area contributed by atoms with Gasteiger partial charge in [0, 0.05) is 0 Å². The fraction of sp³-hybridized carbons (Fsp3) is 0.500. The predicted molar refractivity (Wildman–Crippen MR) is 43.2 cm³/mol. The van der Waals surface area contributed by atoms with E-state index in [0.717, 1.165) is 0 Å². The lowest BCUT2D eigenvalue weighted by molar-refractivity contribution is -0.00650. The monoisotopic (exact) mass is 378 g/mol. The quantitative estimate of drug-likeness (QED) is 0.451. The van der Waals surface area contributed by atoms with E-state index in [1.54, 1.807) is 0 Å². The van der Waals surface area contributed by atoms with Crippen molar-refractivity contribution in [2.75, 3.05) is 0 Å². The van der Waals surface area contributed by atoms with Gasteiger partial charge in [0.05, 0.1) is 0 Å². The summed E-state index contributed by atoms with van der Waals surface area (Å²) in [5.41, 5.74) is 0. The van der Waals surface area contributed by atoms with Crippen molar-refractivity contribution in [1.29, 1.82) is 0 Å². The zero-order chi connectivity index (χ0) is 17.0. The first-order valence-electron chi connectivity index (χ1n) is 3.71. The highest BCUT2D eigenvalue weighted by atomic mass is 32.5. The molecule has 1 aliphatic carbocycles. The molecule has 0 saturated heterocycles. The van der Waals surface area contributed by atoms with Gasteiger partial charge >= 0.3 is 30.4 Å². The molecule has 0 aromatic heterocycles. The van der Waals surface area contributed by atoms with E-state index >= 15 is 0 Å². The largest absolute Gasteiger partial charge is 0.358 e. The van der Waals surface area contributed by atoms with Crippen LogP contribution in [0.2, 0.25) is 0 Å². The van der Waals surface area contributed by atoms with E-state index in [1.165, 1.54) is 0 Å². The summed E-state index contributed by atoms with van der Waals surface area (Å²) in [5, 5.41) is -16.3. The van der Waals surface area contributed by atoms with Gasteiger partial charge in [-0.05, 0) is 0 Å². The zero-order valence-electron chi connectivity index (χ0n) is 8.11. The summed E-state index contributed by atoms with van der Waals surface area (Å²) in [6.07, 6.45) is 0. The minimum Gasteiger partial charge on any atom is -0.208 e. The second kappa shape index (κ2) is 2.50. The van der Waals surface area contributed by atoms with Gasteiger partial charge in [-0.3, -0.25) is 0 Å². The maximum atomic E-state index is 12.8. The van der Waals surface area contributed by atoms with E-state index in [2.05, 4.69) is 0 Å². The molecule has 126 valence electrons. The molecule has 0 nitrogen and oxygen atoms in total. The third-order valence-corrected chi connectivity index (χ3v) is 5.41. The molecule has 0 N–H and O–H groups in total. The van der Waals surface area contributed by atoms with Crippen LogP contribution in [0.15, 0.2) is 11.7 Å². The molecule has 1 rings (SSSR count). The van der Waals surface area contributed by atoms with Crippen LogP contribution < -0.4 is 0 Å². The Hall–Kier alpha value is -0.540. The summed E-state index contributed by atoms with van der Waals surface area (Å²) in [7, 11) is -25.1. The second-order valence-electron chi connectivity index (χ2n) is 3.76. The Morgan fingerprint density at radius 1 is 0.500 bits per heavy atom. The molecule has 16 heteroatoms. The first-order chi connectivity index (χ1) is 7.81. The molecule has 0 aliphatic heterocycles. The van der Waals surface area contributed by atoms with Crippen LogP contribution in [-0.2, 0) is 0 Å². The van der Waals surface area contributed by atoms with Crippen molar-refractivity contribution in [3.63, 3.8) is 0 Å². The van der Waals surface area contributed by atoms with Gasteiger partial charge in [-0.2, -0.15) is 0 Å². The third kappa shape index (κ3) is 1.59. The number of halogens is 14. The van der Waals surface area contributed by atoms with E-state index in [-0.39, 0.29) is 0 Å². The Morgan fingerprint density at radius 2 is 0.650 bits per heavy atom. The van der Waals surface area contributed by atoms with E-state index in [1.807, 2.05) is 0 Å². The van der Waals surface area contributed by atoms with Gasteiger partial charge in [-0.15, -0.1) is 0 Å². The van der Waals surface area contributed by atoms with Crippen LogP contribution >= 0.6 is 20.4 Å². The smallest absolute Gasteiger partial charge is 0.208 e. The highest BCUT2D eigenvalue weighted by molar-refractivity contribution is 8.50. The fourth-order valence-corrected chi connectivity index (χ4v) is 4.31. The van der Waals surface area contributed by atoms with Crippen LogP contribution in [-0.4, -0.2) is 10.0 Å². The van der Waals surface area contributed by atoms with Crippen molar-refractivity contribution in [1.82, 2.24) is 0 Å². The van der Waals surface area contributed by atoms with Gasteiger partial charge in [0.2, 0.25) is 0 Å². The second-order valence-corrected chi connectivity index (χ2v) is 8.76. The summed E-state index contributed by atoms with van der Waals surface area (Å²) in [6, 6.07) is 0. The Labute approximate surface area is 99.4 Å². The van der Waals surface area contributed by atoms with Gasteiger partial charge in [0.15, 0.2) is 11.7 Å². The molecule has 2 atom stereocenters. The van der Waals surface area contributed by atoms with Crippen molar-refractivity contribution in [2.45, 2.75) is 10.0 Å². The lowest BCUT2D eigenvalue weighted by Gasteiger charge is -2.64. The average molecular weight is 378 g/mol. The Balaban J connectivity index is 4.00. The van der Waals surface area contributed by atoms with Crippen molar-refractivity contribution >= 4 is 20.4 Å². The normalized spacial score (nSPS) is 39.3. The summed E-state index contributed by atoms with van der Waals surface area (Å²) in [4.78, 5) is 0. The van der Waals surface area contributed by atoms with Gasteiger partial charge in [0.25, 0.3) is 0 Å². The Morgan fingerprint density at radius 3 is 0.750 bits per heavy atom. The zero-order valence-corrected chi connectivity index (χ0v) is 9.74. The maximum absolute atomic E-state index is 12.8. The Kier molecular flexibility index (Phi) is 2.19. The van der Waals surface area contributed by atoms with Crippen LogP contribution in [0.5, 0.6) is 0 Å². The van der Waals surface area contributed by atoms with Crippen molar-refractivity contribution in [2.24, 2.45) is 0 Å². The molecular weight excluding hydrogens is 378 g/mol. The van der Waals surface area contributed by atoms with E-state index in [9.17, 15) is 56.4 Å². The number of hydrogen-bond donors (Lipinski definition) is 0. The Bertz CT molecular complexity index is 481. The van der Waals surface area contributed by atoms with Crippen LogP contribution in [0.25, 0.3) is 0 Å². The molecule has 0 fully saturated rings. The van der Waals surface area contributed by atoms with Crippen molar-refractivity contribution < 1.29 is 56.4 Å². The highest BCUT2D eigenvalue weighted by Crippen LogP contribution is 3.17. The molecule has 0 heterocycles. The van der Waals surface area contributed by atoms with E-state index < -0.39 is 42.1 Å². The lowest BCUT2D eigenvalue weighted by Crippen LogP contribution is -2.67. The lowest BCUT2D eigenvalue weighted by atomic mass is 10.0. The highest BCUT2D eigenvalue weighted by Gasteiger charge is 3.08. The van der Waals surface area contributed by atoms with Crippen LogP contribution in [0.3, 0.4) is 0 Å². The SMILES string of the molecule is FC1=C(F)C(F)(S(F)(F)(F)(F)F)C1(F)S(F)(F)(F)(F)F. The minimum absolute atomic E-state index is 4.63. The molecule has 0 aromatic rings. The first kappa shape index (κ1) is 17.5. The van der Waals surface area contributed by atoms with Gasteiger partial charge < -0.3 is 0 Å². The first-order valence-corrected chi connectivity index (χ1v) is 7.61. The maximum Gasteiger partial charge on any atom is 0.358 e. The molecular formula is C4F14S2. The molecule has 0 radical (unpaired) electrons. The molecule has 2 unspecified atom stereocenters. The van der Waals surface area contributed by atoms with Crippen molar-refractivity contribution in [3.8, 4) is 0 Å². The number of alkyl halides is 2. The molecule has 1 aliphatic rings. The van der Waals surface area contributed by atoms with Crippen LogP contribution in [0, 0.1) is 0 Å². The van der Waals surface area contributed by atoms with Gasteiger partial charge in [-0.25, -0.2) is 17.6 Å². The number of rotatable bonds is 2. The number of hydrogen-bond acceptors (Lipinski definition) is 0. The van der Waals surface area contributed by atoms with E-state index in [4.69, 9.17) is 0 Å². The van der Waals surface area contributed by atoms with Gasteiger partial charge in [-0.1, -0.05) is 38.9 Å². The molecule has 20 heavy (non-hydrogen) atoms. The van der Waals surface area contributed by atoms with E-state index in [0.29, 0.717) is 0 Å². The van der Waals surface area contributed by atoms with Crippen LogP contribution in [0.1, 0.15) is 0 Å². The molecule has 0 spiro atoms. The van der Waals surface area contributed by atoms with Gasteiger partial charge in [0.1, 0.15) is 0 Å². The van der Waals surface area contributed by atoms with Crippen molar-refractivity contribution in [3.05, 3.63) is 11.7 Å². The summed E-state index contributed by atoms with van der Waals surface area (Å²) < 4.78 is 170. The summed E-state index contributed by atoms with van der Waals surface area (Å²) in [6.45, 7) is 0. The topological polar surface area (TPSA) is 0 Å². The standard InChI is InChI=1S/C4F14S2/c5-1-2(6)4(8,20(14,15,16,17)18)3(1,7)19(9,10,11,12)13. The summed E-state index contributed by atoms with van der Waals surface area (Å²) >= 11 is 0. The molecule has 0 bridgehead atoms. The van der Waals surface area contributed by atoms with Crippen LogP contribution in [0.4, 0.5) is 56.4 Å². The molecule has 0 saturated carbocycles. The molecule has 0 amide bonds. The summed E-state index contributed by atoms with van der Waals surface area (Å²) in [5.74, 6) is -9.26. The average Bonchev–Trinajstić information content (AvgIpc) is 2.05. The fourth-order valence-electron chi connectivity index (χ4n) is 1.34.